The predicted octanol–water partition coefficient (Wildman–Crippen LogP) is 0.145. The van der Waals surface area contributed by atoms with Crippen LogP contribution in [-0.2, 0) is 0 Å². The molecule has 98 valence electrons. The van der Waals surface area contributed by atoms with Crippen molar-refractivity contribution in [2.24, 2.45) is 0 Å². The zero-order valence-corrected chi connectivity index (χ0v) is 10.3. The van der Waals surface area contributed by atoms with Gasteiger partial charge in [0.15, 0.2) is 0 Å². The molecule has 0 bridgehead atoms. The number of carbonyl (C=O) groups is 1. The fourth-order valence-corrected chi connectivity index (χ4v) is 2.34. The summed E-state index contributed by atoms with van der Waals surface area (Å²) in [5, 5.41) is 15.9. The molecule has 2 rings (SSSR count). The fourth-order valence-electron chi connectivity index (χ4n) is 2.34. The zero-order valence-electron chi connectivity index (χ0n) is 10.3. The Morgan fingerprint density at radius 1 is 1.44 bits per heavy atom. The molecule has 18 heavy (non-hydrogen) atoms. The standard InChI is InChI=1S/C12H17N3O3/c1-15(9-4-2-3-5-10(9)16)12(18)8-6-7-11(17)14-13-8/h6-7,9-10,16H,2-5H2,1H3,(H,14,17). The second-order valence-electron chi connectivity index (χ2n) is 4.64. The lowest BCUT2D eigenvalue weighted by Crippen LogP contribution is -2.46. The molecule has 6 nitrogen and oxygen atoms in total. The van der Waals surface area contributed by atoms with Crippen molar-refractivity contribution in [2.45, 2.75) is 37.8 Å². The summed E-state index contributed by atoms with van der Waals surface area (Å²) < 4.78 is 0. The lowest BCUT2D eigenvalue weighted by molar-refractivity contribution is 0.0263. The Hall–Kier alpha value is -1.69. The van der Waals surface area contributed by atoms with Crippen LogP contribution in [0.3, 0.4) is 0 Å². The molecule has 2 N–H and O–H groups in total. The predicted molar refractivity (Wildman–Crippen MR) is 65.2 cm³/mol. The third kappa shape index (κ3) is 2.59. The van der Waals surface area contributed by atoms with Gasteiger partial charge in [0.25, 0.3) is 11.5 Å². The third-order valence-electron chi connectivity index (χ3n) is 3.41. The summed E-state index contributed by atoms with van der Waals surface area (Å²) in [6.07, 6.45) is 3.05. The number of aliphatic hydroxyl groups excluding tert-OH is 1. The van der Waals surface area contributed by atoms with E-state index < -0.39 is 6.10 Å². The van der Waals surface area contributed by atoms with E-state index in [9.17, 15) is 14.7 Å². The van der Waals surface area contributed by atoms with Crippen LogP contribution >= 0.6 is 0 Å². The average molecular weight is 251 g/mol. The van der Waals surface area contributed by atoms with Gasteiger partial charge in [0.1, 0.15) is 5.69 Å². The van der Waals surface area contributed by atoms with Crippen LogP contribution in [0.4, 0.5) is 0 Å². The van der Waals surface area contributed by atoms with E-state index in [1.807, 2.05) is 0 Å². The van der Waals surface area contributed by atoms with Crippen LogP contribution in [0.25, 0.3) is 0 Å². The topological polar surface area (TPSA) is 86.3 Å². The number of nitrogens with one attached hydrogen (secondary N) is 1. The third-order valence-corrected chi connectivity index (χ3v) is 3.41. The molecule has 6 heteroatoms. The highest BCUT2D eigenvalue weighted by Crippen LogP contribution is 2.23. The highest BCUT2D eigenvalue weighted by molar-refractivity contribution is 5.92. The maximum Gasteiger partial charge on any atom is 0.274 e. The van der Waals surface area contributed by atoms with Crippen molar-refractivity contribution < 1.29 is 9.90 Å². The maximum atomic E-state index is 12.1. The van der Waals surface area contributed by atoms with E-state index in [1.54, 1.807) is 7.05 Å². The molecule has 0 spiro atoms. The Morgan fingerprint density at radius 3 is 2.78 bits per heavy atom. The smallest absolute Gasteiger partial charge is 0.274 e. The van der Waals surface area contributed by atoms with Gasteiger partial charge in [0.05, 0.1) is 12.1 Å². The minimum Gasteiger partial charge on any atom is -0.391 e. The van der Waals surface area contributed by atoms with Gasteiger partial charge in [-0.05, 0) is 18.9 Å². The lowest BCUT2D eigenvalue weighted by Gasteiger charge is -2.34. The number of aliphatic hydroxyl groups is 1. The quantitative estimate of drug-likeness (QED) is 0.783. The summed E-state index contributed by atoms with van der Waals surface area (Å²) in [7, 11) is 1.66. The molecule has 1 aromatic heterocycles. The first-order valence-electron chi connectivity index (χ1n) is 6.10. The molecule has 0 aliphatic heterocycles. The van der Waals surface area contributed by atoms with E-state index in [2.05, 4.69) is 10.2 Å². The number of carbonyl (C=O) groups excluding carboxylic acids is 1. The summed E-state index contributed by atoms with van der Waals surface area (Å²) in [5.41, 5.74) is -0.151. The van der Waals surface area contributed by atoms with Crippen LogP contribution in [0.5, 0.6) is 0 Å². The fraction of sp³-hybridized carbons (Fsp3) is 0.583. The minimum atomic E-state index is -0.476. The molecule has 1 aromatic rings. The van der Waals surface area contributed by atoms with Gasteiger partial charge in [-0.25, -0.2) is 5.10 Å². The summed E-state index contributed by atoms with van der Waals surface area (Å²) in [5.74, 6) is -0.280. The highest BCUT2D eigenvalue weighted by atomic mass is 16.3. The first kappa shape index (κ1) is 12.8. The average Bonchev–Trinajstić information content (AvgIpc) is 2.38. The highest BCUT2D eigenvalue weighted by Gasteiger charge is 2.30. The first-order chi connectivity index (χ1) is 8.59. The second kappa shape index (κ2) is 5.30. The Balaban J connectivity index is 2.12. The van der Waals surface area contributed by atoms with Crippen molar-refractivity contribution in [3.63, 3.8) is 0 Å². The van der Waals surface area contributed by atoms with Gasteiger partial charge in [-0.2, -0.15) is 5.10 Å². The molecule has 1 saturated carbocycles. The normalized spacial score (nSPS) is 23.7. The number of likely N-dealkylation sites (N-methyl/N-ethyl adjacent to an activating group) is 1. The van der Waals surface area contributed by atoms with Crippen LogP contribution in [0.2, 0.25) is 0 Å². The van der Waals surface area contributed by atoms with Crippen molar-refractivity contribution in [1.82, 2.24) is 15.1 Å². The van der Waals surface area contributed by atoms with Crippen LogP contribution in [0.15, 0.2) is 16.9 Å². The van der Waals surface area contributed by atoms with E-state index in [-0.39, 0.29) is 23.2 Å². The second-order valence-corrected chi connectivity index (χ2v) is 4.64. The molecule has 1 fully saturated rings. The zero-order chi connectivity index (χ0) is 13.1. The first-order valence-corrected chi connectivity index (χ1v) is 6.10. The van der Waals surface area contributed by atoms with Crippen molar-refractivity contribution in [3.05, 3.63) is 28.2 Å². The Bertz CT molecular complexity index is 465. The van der Waals surface area contributed by atoms with Gasteiger partial charge in [0.2, 0.25) is 0 Å². The molecular formula is C12H17N3O3. The van der Waals surface area contributed by atoms with Gasteiger partial charge >= 0.3 is 0 Å². The summed E-state index contributed by atoms with van der Waals surface area (Å²) >= 11 is 0. The van der Waals surface area contributed by atoms with Gasteiger partial charge in [0, 0.05) is 13.1 Å². The number of aromatic nitrogens is 2. The van der Waals surface area contributed by atoms with Crippen LogP contribution in [-0.4, -0.2) is 45.3 Å². The van der Waals surface area contributed by atoms with Crippen LogP contribution in [0.1, 0.15) is 36.2 Å². The molecule has 0 aromatic carbocycles. The molecule has 1 amide bonds. The van der Waals surface area contributed by atoms with Gasteiger partial charge in [-0.1, -0.05) is 12.8 Å². The number of hydrogen-bond acceptors (Lipinski definition) is 4. The van der Waals surface area contributed by atoms with Crippen molar-refractivity contribution in [2.75, 3.05) is 7.05 Å². The number of H-pyrrole nitrogens is 1. The molecular weight excluding hydrogens is 234 g/mol. The molecule has 0 saturated heterocycles. The molecule has 2 atom stereocenters. The largest absolute Gasteiger partial charge is 0.391 e. The SMILES string of the molecule is CN(C(=O)c1ccc(=O)[nH]n1)C1CCCCC1O. The Kier molecular flexibility index (Phi) is 3.76. The number of hydrogen-bond donors (Lipinski definition) is 2. The van der Waals surface area contributed by atoms with Crippen molar-refractivity contribution in [3.8, 4) is 0 Å². The van der Waals surface area contributed by atoms with E-state index in [0.29, 0.717) is 0 Å². The Labute approximate surface area is 105 Å². The molecule has 1 aliphatic rings. The van der Waals surface area contributed by atoms with Crippen LogP contribution < -0.4 is 5.56 Å². The minimum absolute atomic E-state index is 0.167. The number of amides is 1. The monoisotopic (exact) mass is 251 g/mol. The molecule has 1 aliphatic carbocycles. The molecule has 2 unspecified atom stereocenters. The van der Waals surface area contributed by atoms with Crippen molar-refractivity contribution >= 4 is 5.91 Å². The van der Waals surface area contributed by atoms with Gasteiger partial charge in [-0.15, -0.1) is 0 Å². The van der Waals surface area contributed by atoms with Gasteiger partial charge in [-0.3, -0.25) is 9.59 Å². The van der Waals surface area contributed by atoms with Crippen molar-refractivity contribution in [1.29, 1.82) is 0 Å². The van der Waals surface area contributed by atoms with Gasteiger partial charge < -0.3 is 10.0 Å². The van der Waals surface area contributed by atoms with E-state index in [4.69, 9.17) is 0 Å². The number of nitrogens with zero attached hydrogens (tertiary/aromatic N) is 2. The lowest BCUT2D eigenvalue weighted by atomic mass is 9.91. The molecule has 1 heterocycles. The molecule has 0 radical (unpaired) electrons. The van der Waals surface area contributed by atoms with E-state index in [0.717, 1.165) is 25.7 Å². The summed E-state index contributed by atoms with van der Waals surface area (Å²) in [6.45, 7) is 0. The number of rotatable bonds is 2. The number of aromatic amines is 1. The van der Waals surface area contributed by atoms with Crippen LogP contribution in [0, 0.1) is 0 Å². The van der Waals surface area contributed by atoms with E-state index in [1.165, 1.54) is 17.0 Å². The summed E-state index contributed by atoms with van der Waals surface area (Å²) in [4.78, 5) is 24.5. The maximum absolute atomic E-state index is 12.1. The summed E-state index contributed by atoms with van der Waals surface area (Å²) in [6, 6.07) is 2.50. The van der Waals surface area contributed by atoms with E-state index >= 15 is 0 Å². The Morgan fingerprint density at radius 2 is 2.17 bits per heavy atom.